The first kappa shape index (κ1) is 20.5. The summed E-state index contributed by atoms with van der Waals surface area (Å²) in [5.41, 5.74) is 1.12. The number of benzene rings is 3. The van der Waals surface area contributed by atoms with Crippen LogP contribution in [-0.4, -0.2) is 0 Å². The molecule has 0 spiro atoms. The van der Waals surface area contributed by atoms with Crippen LogP contribution in [0, 0.1) is 41.1 Å². The van der Waals surface area contributed by atoms with Crippen LogP contribution in [-0.2, 0) is 6.42 Å². The number of halogens is 3. The second-order valence-electron chi connectivity index (χ2n) is 8.56. The van der Waals surface area contributed by atoms with Gasteiger partial charge in [0.2, 0.25) is 0 Å². The molecule has 30 heavy (non-hydrogen) atoms. The van der Waals surface area contributed by atoms with Gasteiger partial charge in [0.1, 0.15) is 17.5 Å². The van der Waals surface area contributed by atoms with Crippen LogP contribution in [0.5, 0.6) is 0 Å². The molecule has 0 saturated heterocycles. The molecule has 1 saturated carbocycles. The van der Waals surface area contributed by atoms with Gasteiger partial charge >= 0.3 is 0 Å². The number of aryl methyl sites for hydroxylation is 1. The third-order valence-electron chi connectivity index (χ3n) is 6.21. The second-order valence-corrected chi connectivity index (χ2v) is 8.56. The smallest absolute Gasteiger partial charge is 0.142 e. The maximum Gasteiger partial charge on any atom is 0.142 e. The Balaban J connectivity index is 1.48. The summed E-state index contributed by atoms with van der Waals surface area (Å²) < 4.78 is 42.4. The summed E-state index contributed by atoms with van der Waals surface area (Å²) in [6.45, 7) is 2.29. The summed E-state index contributed by atoms with van der Waals surface area (Å²) in [6, 6.07) is 12.6. The Morgan fingerprint density at radius 1 is 0.800 bits per heavy atom. The molecule has 1 aliphatic rings. The van der Waals surface area contributed by atoms with Gasteiger partial charge in [-0.25, -0.2) is 13.2 Å². The van der Waals surface area contributed by atoms with Gasteiger partial charge in [-0.05, 0) is 77.4 Å². The summed E-state index contributed by atoms with van der Waals surface area (Å²) in [4.78, 5) is 0. The molecule has 0 nitrogen and oxygen atoms in total. The van der Waals surface area contributed by atoms with Crippen molar-refractivity contribution in [2.75, 3.05) is 0 Å². The molecule has 3 aromatic carbocycles. The maximum atomic E-state index is 14.5. The molecule has 0 amide bonds. The fourth-order valence-corrected chi connectivity index (χ4v) is 4.31. The van der Waals surface area contributed by atoms with Crippen molar-refractivity contribution in [2.24, 2.45) is 11.8 Å². The molecule has 0 N–H and O–H groups in total. The summed E-state index contributed by atoms with van der Waals surface area (Å²) >= 11 is 0. The highest BCUT2D eigenvalue weighted by Crippen LogP contribution is 2.31. The summed E-state index contributed by atoms with van der Waals surface area (Å²) in [5.74, 6) is 5.40. The number of hydrogen-bond donors (Lipinski definition) is 0. The van der Waals surface area contributed by atoms with E-state index >= 15 is 0 Å². The normalized spacial score (nSPS) is 18.8. The fraction of sp³-hybridized carbons (Fsp3) is 0.333. The molecule has 0 bridgehead atoms. The Morgan fingerprint density at radius 3 is 2.20 bits per heavy atom. The lowest BCUT2D eigenvalue weighted by atomic mass is 9.80. The van der Waals surface area contributed by atoms with E-state index in [1.165, 1.54) is 49.9 Å². The van der Waals surface area contributed by atoms with Gasteiger partial charge in [-0.15, -0.1) is 0 Å². The van der Waals surface area contributed by atoms with Crippen LogP contribution in [0.3, 0.4) is 0 Å². The SMILES string of the molecule is CC1CCC(CCc2cc(F)c(C#Cc3ccc4cc(F)ccc4c3)c(F)c2)CC1. The molecule has 0 heterocycles. The Hall–Kier alpha value is -2.73. The first-order valence-corrected chi connectivity index (χ1v) is 10.7. The van der Waals surface area contributed by atoms with E-state index in [2.05, 4.69) is 18.8 Å². The number of rotatable bonds is 3. The van der Waals surface area contributed by atoms with E-state index in [0.29, 0.717) is 23.5 Å². The largest absolute Gasteiger partial charge is 0.207 e. The van der Waals surface area contributed by atoms with Crippen molar-refractivity contribution in [3.05, 3.63) is 82.7 Å². The zero-order chi connectivity index (χ0) is 21.1. The minimum atomic E-state index is -0.613. The Bertz CT molecular complexity index is 1090. The highest BCUT2D eigenvalue weighted by Gasteiger charge is 2.18. The molecule has 0 radical (unpaired) electrons. The van der Waals surface area contributed by atoms with E-state index in [4.69, 9.17) is 0 Å². The van der Waals surface area contributed by atoms with Crippen LogP contribution in [0.25, 0.3) is 10.8 Å². The molecular formula is C27H25F3. The average molecular weight is 406 g/mol. The average Bonchev–Trinajstić information content (AvgIpc) is 2.73. The highest BCUT2D eigenvalue weighted by molar-refractivity contribution is 5.84. The number of fused-ring (bicyclic) bond motifs is 1. The molecule has 1 fully saturated rings. The first-order valence-electron chi connectivity index (χ1n) is 10.7. The molecule has 0 aromatic heterocycles. The molecule has 1 aliphatic carbocycles. The van der Waals surface area contributed by atoms with Crippen molar-refractivity contribution < 1.29 is 13.2 Å². The molecular weight excluding hydrogens is 381 g/mol. The second kappa shape index (κ2) is 8.96. The Labute approximate surface area is 176 Å². The van der Waals surface area contributed by atoms with E-state index in [9.17, 15) is 13.2 Å². The van der Waals surface area contributed by atoms with Gasteiger partial charge in [0.05, 0.1) is 5.56 Å². The van der Waals surface area contributed by atoms with Gasteiger partial charge in [0, 0.05) is 5.56 Å². The zero-order valence-corrected chi connectivity index (χ0v) is 17.2. The van der Waals surface area contributed by atoms with Crippen molar-refractivity contribution in [1.29, 1.82) is 0 Å². The monoisotopic (exact) mass is 406 g/mol. The lowest BCUT2D eigenvalue weighted by Gasteiger charge is -2.26. The van der Waals surface area contributed by atoms with Gasteiger partial charge in [0.15, 0.2) is 0 Å². The van der Waals surface area contributed by atoms with Crippen LogP contribution in [0.15, 0.2) is 48.5 Å². The van der Waals surface area contributed by atoms with Gasteiger partial charge in [-0.2, -0.15) is 0 Å². The summed E-state index contributed by atoms with van der Waals surface area (Å²) in [7, 11) is 0. The molecule has 0 unspecified atom stereocenters. The predicted molar refractivity (Wildman–Crippen MR) is 116 cm³/mol. The molecule has 0 atom stereocenters. The molecule has 0 aliphatic heterocycles. The quantitative estimate of drug-likeness (QED) is 0.397. The summed E-state index contributed by atoms with van der Waals surface area (Å²) in [6.07, 6.45) is 6.62. The van der Waals surface area contributed by atoms with Crippen LogP contribution >= 0.6 is 0 Å². The van der Waals surface area contributed by atoms with E-state index in [0.717, 1.165) is 23.1 Å². The van der Waals surface area contributed by atoms with E-state index in [1.54, 1.807) is 24.3 Å². The van der Waals surface area contributed by atoms with Crippen LogP contribution in [0.1, 0.15) is 55.7 Å². The summed E-state index contributed by atoms with van der Waals surface area (Å²) in [5, 5.41) is 1.59. The van der Waals surface area contributed by atoms with Crippen LogP contribution < -0.4 is 0 Å². The lowest BCUT2D eigenvalue weighted by Crippen LogP contribution is -2.13. The van der Waals surface area contributed by atoms with Crippen molar-refractivity contribution in [3.8, 4) is 11.8 Å². The minimum Gasteiger partial charge on any atom is -0.207 e. The lowest BCUT2D eigenvalue weighted by molar-refractivity contribution is 0.277. The minimum absolute atomic E-state index is 0.204. The van der Waals surface area contributed by atoms with E-state index < -0.39 is 11.6 Å². The maximum absolute atomic E-state index is 14.5. The van der Waals surface area contributed by atoms with E-state index in [1.807, 2.05) is 0 Å². The molecule has 154 valence electrons. The van der Waals surface area contributed by atoms with Crippen molar-refractivity contribution in [3.63, 3.8) is 0 Å². The van der Waals surface area contributed by atoms with E-state index in [-0.39, 0.29) is 11.4 Å². The predicted octanol–water partition coefficient (Wildman–Crippen LogP) is 7.42. The Kier molecular flexibility index (Phi) is 6.13. The van der Waals surface area contributed by atoms with Crippen LogP contribution in [0.4, 0.5) is 13.2 Å². The zero-order valence-electron chi connectivity index (χ0n) is 17.2. The third-order valence-corrected chi connectivity index (χ3v) is 6.21. The van der Waals surface area contributed by atoms with Crippen molar-refractivity contribution >= 4 is 10.8 Å². The van der Waals surface area contributed by atoms with Crippen molar-refractivity contribution in [1.82, 2.24) is 0 Å². The molecule has 3 heteroatoms. The van der Waals surface area contributed by atoms with Crippen molar-refractivity contribution in [2.45, 2.75) is 45.4 Å². The fourth-order valence-electron chi connectivity index (χ4n) is 4.31. The standard InChI is InChI=1S/C27H25F3/c1-18-2-4-19(5-3-18)6-7-21-15-26(29)25(27(30)16-21)13-9-20-8-10-23-17-24(28)12-11-22(23)14-20/h8,10-12,14-19H,2-7H2,1H3. The molecule has 3 aromatic rings. The third kappa shape index (κ3) is 4.87. The van der Waals surface area contributed by atoms with Crippen LogP contribution in [0.2, 0.25) is 0 Å². The van der Waals surface area contributed by atoms with Gasteiger partial charge in [0.25, 0.3) is 0 Å². The first-order chi connectivity index (χ1) is 14.5. The molecule has 4 rings (SSSR count). The topological polar surface area (TPSA) is 0 Å². The number of hydrogen-bond acceptors (Lipinski definition) is 0. The van der Waals surface area contributed by atoms with Gasteiger partial charge in [-0.3, -0.25) is 0 Å². The highest BCUT2D eigenvalue weighted by atomic mass is 19.1. The van der Waals surface area contributed by atoms with Gasteiger partial charge in [-0.1, -0.05) is 56.6 Å². The van der Waals surface area contributed by atoms with Gasteiger partial charge < -0.3 is 0 Å². The Morgan fingerprint density at radius 2 is 1.47 bits per heavy atom.